The van der Waals surface area contributed by atoms with Gasteiger partial charge >= 0.3 is 6.18 Å². The Morgan fingerprint density at radius 3 is 2.70 bits per heavy atom. The van der Waals surface area contributed by atoms with Crippen LogP contribution in [-0.2, 0) is 6.18 Å². The molecule has 0 aliphatic rings. The van der Waals surface area contributed by atoms with Crippen molar-refractivity contribution in [1.82, 2.24) is 9.97 Å². The van der Waals surface area contributed by atoms with Crippen LogP contribution < -0.4 is 10.9 Å². The molecule has 0 fully saturated rings. The lowest BCUT2D eigenvalue weighted by Gasteiger charge is -2.12. The Labute approximate surface area is 133 Å². The Balaban J connectivity index is 2.40. The first kappa shape index (κ1) is 15.3. The summed E-state index contributed by atoms with van der Waals surface area (Å²) >= 11 is 4.62. The van der Waals surface area contributed by atoms with Crippen LogP contribution in [0.4, 0.5) is 24.7 Å². The van der Waals surface area contributed by atoms with Gasteiger partial charge in [0.15, 0.2) is 5.82 Å². The summed E-state index contributed by atoms with van der Waals surface area (Å²) in [6.45, 7) is 0. The minimum absolute atomic E-state index is 0.0517. The highest BCUT2D eigenvalue weighted by Gasteiger charge is 2.33. The van der Waals surface area contributed by atoms with Gasteiger partial charge in [0.05, 0.1) is 11.9 Å². The maximum Gasteiger partial charge on any atom is 0.417 e. The van der Waals surface area contributed by atoms with Gasteiger partial charge in [-0.3, -0.25) is 4.79 Å². The van der Waals surface area contributed by atoms with Crippen LogP contribution in [0.3, 0.4) is 0 Å². The van der Waals surface area contributed by atoms with E-state index in [-0.39, 0.29) is 25.1 Å². The summed E-state index contributed by atoms with van der Waals surface area (Å²) in [4.78, 5) is 17.6. The van der Waals surface area contributed by atoms with Crippen molar-refractivity contribution in [3.05, 3.63) is 48.5 Å². The molecule has 0 saturated carbocycles. The molecule has 0 spiro atoms. The lowest BCUT2D eigenvalue weighted by molar-refractivity contribution is -0.138. The SMILES string of the molecule is O=c1[nH]cnc(Nc2ccc(Br)c(C(F)(F)F)c2)c1I. The quantitative estimate of drug-likeness (QED) is 0.670. The largest absolute Gasteiger partial charge is 0.417 e. The number of nitrogens with one attached hydrogen (secondary N) is 2. The van der Waals surface area contributed by atoms with Crippen LogP contribution >= 0.6 is 38.5 Å². The zero-order valence-electron chi connectivity index (χ0n) is 9.55. The van der Waals surface area contributed by atoms with Crippen LogP contribution in [0.2, 0.25) is 0 Å². The second kappa shape index (κ2) is 5.72. The molecule has 0 bridgehead atoms. The summed E-state index contributed by atoms with van der Waals surface area (Å²) < 4.78 is 38.6. The molecule has 1 heterocycles. The normalized spacial score (nSPS) is 11.4. The average molecular weight is 460 g/mol. The van der Waals surface area contributed by atoms with Crippen LogP contribution in [0.25, 0.3) is 0 Å². The molecule has 0 amide bonds. The predicted molar refractivity (Wildman–Crippen MR) is 80.0 cm³/mol. The minimum Gasteiger partial charge on any atom is -0.339 e. The van der Waals surface area contributed by atoms with Crippen LogP contribution in [-0.4, -0.2) is 9.97 Å². The van der Waals surface area contributed by atoms with E-state index in [4.69, 9.17) is 0 Å². The van der Waals surface area contributed by atoms with Gasteiger partial charge in [-0.15, -0.1) is 0 Å². The highest BCUT2D eigenvalue weighted by atomic mass is 127. The molecular weight excluding hydrogens is 454 g/mol. The molecule has 2 rings (SSSR count). The Bertz CT molecular complexity index is 702. The van der Waals surface area contributed by atoms with E-state index in [0.29, 0.717) is 0 Å². The Morgan fingerprint density at radius 1 is 1.35 bits per heavy atom. The average Bonchev–Trinajstić information content (AvgIpc) is 2.36. The van der Waals surface area contributed by atoms with Gasteiger partial charge in [0.1, 0.15) is 3.57 Å². The van der Waals surface area contributed by atoms with E-state index in [9.17, 15) is 18.0 Å². The number of benzene rings is 1. The van der Waals surface area contributed by atoms with Gasteiger partial charge < -0.3 is 10.3 Å². The van der Waals surface area contributed by atoms with Crippen molar-refractivity contribution >= 4 is 50.0 Å². The van der Waals surface area contributed by atoms with Crippen LogP contribution in [0.5, 0.6) is 0 Å². The number of rotatable bonds is 2. The maximum atomic E-state index is 12.8. The van der Waals surface area contributed by atoms with Gasteiger partial charge in [0.25, 0.3) is 5.56 Å². The molecule has 9 heteroatoms. The molecule has 4 nitrogen and oxygen atoms in total. The molecule has 106 valence electrons. The predicted octanol–water partition coefficient (Wildman–Crippen LogP) is 3.90. The smallest absolute Gasteiger partial charge is 0.339 e. The summed E-state index contributed by atoms with van der Waals surface area (Å²) in [7, 11) is 0. The molecule has 20 heavy (non-hydrogen) atoms. The number of aromatic amines is 1. The summed E-state index contributed by atoms with van der Waals surface area (Å²) in [5.41, 5.74) is -0.977. The van der Waals surface area contributed by atoms with Crippen molar-refractivity contribution < 1.29 is 13.2 Å². The number of nitrogens with zero attached hydrogens (tertiary/aromatic N) is 1. The zero-order chi connectivity index (χ0) is 14.9. The maximum absolute atomic E-state index is 12.8. The van der Waals surface area contributed by atoms with E-state index >= 15 is 0 Å². The van der Waals surface area contributed by atoms with Gasteiger partial charge in [0.2, 0.25) is 0 Å². The van der Waals surface area contributed by atoms with Crippen molar-refractivity contribution in [2.24, 2.45) is 0 Å². The summed E-state index contributed by atoms with van der Waals surface area (Å²) in [6, 6.07) is 3.69. The van der Waals surface area contributed by atoms with E-state index in [1.165, 1.54) is 18.5 Å². The summed E-state index contributed by atoms with van der Waals surface area (Å²) in [6.07, 6.45) is -3.29. The fraction of sp³-hybridized carbons (Fsp3) is 0.0909. The van der Waals surface area contributed by atoms with E-state index in [0.717, 1.165) is 6.07 Å². The van der Waals surface area contributed by atoms with Gasteiger partial charge in [-0.25, -0.2) is 4.98 Å². The van der Waals surface area contributed by atoms with Gasteiger partial charge in [-0.1, -0.05) is 15.9 Å². The topological polar surface area (TPSA) is 57.8 Å². The monoisotopic (exact) mass is 459 g/mol. The molecule has 1 aromatic carbocycles. The van der Waals surface area contributed by atoms with E-state index in [1.54, 1.807) is 22.6 Å². The molecule has 2 aromatic rings. The number of anilines is 2. The Kier molecular flexibility index (Phi) is 4.37. The molecule has 0 aliphatic heterocycles. The highest BCUT2D eigenvalue weighted by molar-refractivity contribution is 14.1. The van der Waals surface area contributed by atoms with Crippen molar-refractivity contribution in [2.45, 2.75) is 6.18 Å². The molecule has 0 unspecified atom stereocenters. The van der Waals surface area contributed by atoms with Gasteiger partial charge in [0, 0.05) is 10.2 Å². The lowest BCUT2D eigenvalue weighted by Crippen LogP contribution is -2.13. The molecule has 0 saturated heterocycles. The number of H-pyrrole nitrogens is 1. The van der Waals surface area contributed by atoms with Crippen LogP contribution in [0, 0.1) is 3.57 Å². The third-order valence-corrected chi connectivity index (χ3v) is 4.02. The first-order valence-corrected chi connectivity index (χ1v) is 7.03. The van der Waals surface area contributed by atoms with Crippen LogP contribution in [0.15, 0.2) is 33.8 Å². The fourth-order valence-corrected chi connectivity index (χ4v) is 2.33. The number of hydrogen-bond donors (Lipinski definition) is 2. The third kappa shape index (κ3) is 3.32. The molecular formula is C11H6BrF3IN3O. The third-order valence-electron chi connectivity index (χ3n) is 2.33. The van der Waals surface area contributed by atoms with E-state index < -0.39 is 11.7 Å². The highest BCUT2D eigenvalue weighted by Crippen LogP contribution is 2.36. The molecule has 1 aromatic heterocycles. The molecule has 0 atom stereocenters. The molecule has 2 N–H and O–H groups in total. The van der Waals surface area contributed by atoms with Crippen molar-refractivity contribution in [1.29, 1.82) is 0 Å². The van der Waals surface area contributed by atoms with Gasteiger partial charge in [-0.05, 0) is 40.8 Å². The zero-order valence-corrected chi connectivity index (χ0v) is 13.3. The summed E-state index contributed by atoms with van der Waals surface area (Å²) in [5, 5.41) is 2.69. The fourth-order valence-electron chi connectivity index (χ4n) is 1.43. The Hall–Kier alpha value is -1.10. The van der Waals surface area contributed by atoms with Crippen molar-refractivity contribution in [3.8, 4) is 0 Å². The van der Waals surface area contributed by atoms with Gasteiger partial charge in [-0.2, -0.15) is 13.2 Å². The van der Waals surface area contributed by atoms with Crippen molar-refractivity contribution in [3.63, 3.8) is 0 Å². The number of halogens is 5. The number of aromatic nitrogens is 2. The lowest BCUT2D eigenvalue weighted by atomic mass is 10.2. The van der Waals surface area contributed by atoms with E-state index in [2.05, 4.69) is 31.2 Å². The Morgan fingerprint density at radius 2 is 2.05 bits per heavy atom. The number of hydrogen-bond acceptors (Lipinski definition) is 3. The first-order valence-electron chi connectivity index (χ1n) is 5.16. The van der Waals surface area contributed by atoms with Crippen molar-refractivity contribution in [2.75, 3.05) is 5.32 Å². The standard InChI is InChI=1S/C11H6BrF3IN3O/c12-7-2-1-5(3-6(7)11(13,14)15)19-9-8(16)10(20)18-4-17-9/h1-4H,(H2,17,18,19,20). The second-order valence-electron chi connectivity index (χ2n) is 3.71. The molecule has 0 radical (unpaired) electrons. The minimum atomic E-state index is -4.47. The number of alkyl halides is 3. The van der Waals surface area contributed by atoms with Crippen LogP contribution in [0.1, 0.15) is 5.56 Å². The second-order valence-corrected chi connectivity index (χ2v) is 5.64. The van der Waals surface area contributed by atoms with E-state index in [1.807, 2.05) is 0 Å². The molecule has 0 aliphatic carbocycles. The first-order chi connectivity index (χ1) is 9.29. The summed E-state index contributed by atoms with van der Waals surface area (Å²) in [5.74, 6) is 0.199.